The number of carbonyl (C=O) groups is 1. The van der Waals surface area contributed by atoms with Gasteiger partial charge in [0.25, 0.3) is 0 Å². The largest absolute Gasteiger partial charge is 0.437 e. The molecule has 3 aromatic rings. The van der Waals surface area contributed by atoms with Crippen LogP contribution in [0.25, 0.3) is 11.1 Å². The second-order valence-electron chi connectivity index (χ2n) is 6.53. The maximum Gasteiger partial charge on any atom is 0.387 e. The molecular formula is C20H12Cl3F3N2O5S. The minimum absolute atomic E-state index is 0.0107. The molecule has 0 aliphatic heterocycles. The molecular weight excluding hydrogens is 544 g/mol. The van der Waals surface area contributed by atoms with E-state index in [0.29, 0.717) is 6.07 Å². The van der Waals surface area contributed by atoms with Crippen LogP contribution in [0.4, 0.5) is 13.2 Å². The molecule has 14 heteroatoms. The molecule has 3 rings (SSSR count). The minimum atomic E-state index is -4.63. The van der Waals surface area contributed by atoms with Crippen molar-refractivity contribution in [1.82, 2.24) is 4.98 Å². The van der Waals surface area contributed by atoms with E-state index < -0.39 is 44.6 Å². The summed E-state index contributed by atoms with van der Waals surface area (Å²) in [4.78, 5) is 14.9. The zero-order chi connectivity index (χ0) is 25.2. The molecule has 0 spiro atoms. The van der Waals surface area contributed by atoms with Crippen molar-refractivity contribution in [2.75, 3.05) is 6.01 Å². The van der Waals surface area contributed by atoms with Gasteiger partial charge in [-0.3, -0.25) is 4.79 Å². The number of carbonyl (C=O) groups excluding carboxylic acids is 1. The van der Waals surface area contributed by atoms with Gasteiger partial charge in [0.1, 0.15) is 16.5 Å². The van der Waals surface area contributed by atoms with E-state index in [-0.39, 0.29) is 37.8 Å². The number of nitrogens with two attached hydrogens (primary N) is 1. The maximum atomic E-state index is 13.2. The summed E-state index contributed by atoms with van der Waals surface area (Å²) in [7, 11) is -4.63. The van der Waals surface area contributed by atoms with Gasteiger partial charge in [-0.15, -0.1) is 0 Å². The Morgan fingerprint density at radius 3 is 2.24 bits per heavy atom. The number of aromatic nitrogens is 1. The smallest absolute Gasteiger partial charge is 0.387 e. The summed E-state index contributed by atoms with van der Waals surface area (Å²) in [6.07, 6.45) is 1.11. The normalized spacial score (nSPS) is 11.5. The highest BCUT2D eigenvalue weighted by molar-refractivity contribution is 7.91. The monoisotopic (exact) mass is 554 g/mol. The molecule has 0 atom stereocenters. The van der Waals surface area contributed by atoms with Crippen molar-refractivity contribution >= 4 is 50.5 Å². The lowest BCUT2D eigenvalue weighted by molar-refractivity contribution is -0.0495. The van der Waals surface area contributed by atoms with Crippen LogP contribution in [0.15, 0.2) is 47.5 Å². The molecule has 0 saturated heterocycles. The van der Waals surface area contributed by atoms with Gasteiger partial charge < -0.3 is 15.2 Å². The van der Waals surface area contributed by atoms with E-state index >= 15 is 0 Å². The van der Waals surface area contributed by atoms with Crippen LogP contribution in [-0.4, -0.2) is 31.9 Å². The van der Waals surface area contributed by atoms with Gasteiger partial charge in [0, 0.05) is 27.4 Å². The summed E-state index contributed by atoms with van der Waals surface area (Å²) in [6.45, 7) is -3.35. The molecule has 1 amide bonds. The van der Waals surface area contributed by atoms with Crippen molar-refractivity contribution in [1.29, 1.82) is 0 Å². The van der Waals surface area contributed by atoms with Crippen molar-refractivity contribution < 1.29 is 35.9 Å². The maximum absolute atomic E-state index is 13.2. The van der Waals surface area contributed by atoms with E-state index in [1.807, 2.05) is 0 Å². The third-order valence-corrected chi connectivity index (χ3v) is 6.21. The van der Waals surface area contributed by atoms with E-state index in [0.717, 1.165) is 12.3 Å². The van der Waals surface area contributed by atoms with Crippen molar-refractivity contribution in [3.63, 3.8) is 0 Å². The zero-order valence-electron chi connectivity index (χ0n) is 16.6. The molecule has 2 N–H and O–H groups in total. The van der Waals surface area contributed by atoms with Crippen LogP contribution in [-0.2, 0) is 9.84 Å². The number of halogens is 6. The number of sulfone groups is 1. The first-order valence-corrected chi connectivity index (χ1v) is 11.7. The van der Waals surface area contributed by atoms with E-state index in [1.54, 1.807) is 0 Å². The van der Waals surface area contributed by atoms with Crippen LogP contribution in [0.2, 0.25) is 15.1 Å². The topological polar surface area (TPSA) is 109 Å². The van der Waals surface area contributed by atoms with Gasteiger partial charge in [-0.25, -0.2) is 17.8 Å². The van der Waals surface area contributed by atoms with Gasteiger partial charge in [-0.05, 0) is 36.4 Å². The lowest BCUT2D eigenvalue weighted by Crippen LogP contribution is -2.18. The summed E-state index contributed by atoms with van der Waals surface area (Å²) < 4.78 is 73.5. The number of pyridine rings is 1. The van der Waals surface area contributed by atoms with E-state index in [4.69, 9.17) is 45.3 Å². The Kier molecular flexibility index (Phi) is 7.81. The third kappa shape index (κ3) is 5.84. The average Bonchev–Trinajstić information content (AvgIpc) is 2.73. The SMILES string of the molecule is NC(=O)c1cc(OC(F)F)c(-c2cnc(Oc3cc(Cl)cc(Cl)c3)c(Cl)c2)cc1S(=O)(=O)CF. The Hall–Kier alpha value is -2.73. The number of nitrogens with zero attached hydrogens (tertiary/aromatic N) is 1. The fraction of sp³-hybridized carbons (Fsp3) is 0.100. The fourth-order valence-corrected chi connectivity index (χ4v) is 4.45. The van der Waals surface area contributed by atoms with Crippen molar-refractivity contribution in [3.05, 3.63) is 63.2 Å². The Labute approximate surface area is 206 Å². The standard InChI is InChI=1S/C20H12Cl3F3N2O5S/c21-10-2-11(22)4-12(3-10)32-19-15(23)1-9(7-28-19)13-6-17(34(30,31)8-24)14(18(27)29)5-16(13)33-20(25)26/h1-7,20H,8H2,(H2,27,29). The number of rotatable bonds is 8. The van der Waals surface area contributed by atoms with Gasteiger partial charge >= 0.3 is 6.61 Å². The summed E-state index contributed by atoms with van der Waals surface area (Å²) in [5.74, 6) is -1.83. The number of benzene rings is 2. The van der Waals surface area contributed by atoms with Gasteiger partial charge in [-0.1, -0.05) is 34.8 Å². The molecule has 7 nitrogen and oxygen atoms in total. The molecule has 0 fully saturated rings. The predicted octanol–water partition coefficient (Wildman–Crippen LogP) is 5.90. The van der Waals surface area contributed by atoms with Crippen molar-refractivity contribution in [2.24, 2.45) is 5.73 Å². The molecule has 0 bridgehead atoms. The first kappa shape index (κ1) is 25.9. The Balaban J connectivity index is 2.14. The molecule has 180 valence electrons. The van der Waals surface area contributed by atoms with Crippen LogP contribution in [0.1, 0.15) is 10.4 Å². The Bertz CT molecular complexity index is 1350. The lowest BCUT2D eigenvalue weighted by atomic mass is 10.0. The first-order valence-electron chi connectivity index (χ1n) is 8.92. The average molecular weight is 556 g/mol. The van der Waals surface area contributed by atoms with Crippen LogP contribution < -0.4 is 15.2 Å². The second kappa shape index (κ2) is 10.3. The Morgan fingerprint density at radius 2 is 1.71 bits per heavy atom. The predicted molar refractivity (Wildman–Crippen MR) is 120 cm³/mol. The molecule has 0 saturated carbocycles. The summed E-state index contributed by atoms with van der Waals surface area (Å²) in [5, 5.41) is 0.436. The van der Waals surface area contributed by atoms with Crippen molar-refractivity contribution in [2.45, 2.75) is 11.5 Å². The van der Waals surface area contributed by atoms with Crippen molar-refractivity contribution in [3.8, 4) is 28.5 Å². The number of amides is 1. The summed E-state index contributed by atoms with van der Waals surface area (Å²) in [5.41, 5.74) is 4.14. The molecule has 0 radical (unpaired) electrons. The molecule has 0 aliphatic carbocycles. The highest BCUT2D eigenvalue weighted by atomic mass is 35.5. The van der Waals surface area contributed by atoms with Crippen LogP contribution in [0.3, 0.4) is 0 Å². The highest BCUT2D eigenvalue weighted by Gasteiger charge is 2.26. The Morgan fingerprint density at radius 1 is 1.06 bits per heavy atom. The molecule has 2 aromatic carbocycles. The summed E-state index contributed by atoms with van der Waals surface area (Å²) in [6, 6.07) is 5.14. The number of ether oxygens (including phenoxy) is 2. The molecule has 0 unspecified atom stereocenters. The van der Waals surface area contributed by atoms with E-state index in [2.05, 4.69) is 9.72 Å². The first-order chi connectivity index (χ1) is 15.9. The van der Waals surface area contributed by atoms with Gasteiger partial charge in [0.05, 0.1) is 10.5 Å². The quantitative estimate of drug-likeness (QED) is 0.371. The number of hydrogen-bond donors (Lipinski definition) is 1. The highest BCUT2D eigenvalue weighted by Crippen LogP contribution is 2.39. The van der Waals surface area contributed by atoms with Gasteiger partial charge in [0.15, 0.2) is 6.01 Å². The molecule has 1 aromatic heterocycles. The molecule has 1 heterocycles. The lowest BCUT2D eigenvalue weighted by Gasteiger charge is -2.16. The third-order valence-electron chi connectivity index (χ3n) is 4.21. The number of hydrogen-bond acceptors (Lipinski definition) is 6. The van der Waals surface area contributed by atoms with E-state index in [9.17, 15) is 26.4 Å². The number of alkyl halides is 3. The fourth-order valence-electron chi connectivity index (χ4n) is 2.83. The zero-order valence-corrected chi connectivity index (χ0v) is 19.7. The van der Waals surface area contributed by atoms with Gasteiger partial charge in [-0.2, -0.15) is 8.78 Å². The van der Waals surface area contributed by atoms with Gasteiger partial charge in [0.2, 0.25) is 21.6 Å². The number of primary amides is 1. The van der Waals surface area contributed by atoms with Crippen LogP contribution in [0.5, 0.6) is 17.4 Å². The minimum Gasteiger partial charge on any atom is -0.437 e. The van der Waals surface area contributed by atoms with E-state index in [1.165, 1.54) is 24.3 Å². The summed E-state index contributed by atoms with van der Waals surface area (Å²) >= 11 is 18.0. The van der Waals surface area contributed by atoms with Crippen LogP contribution in [0, 0.1) is 0 Å². The molecule has 0 aliphatic rings. The van der Waals surface area contributed by atoms with Crippen LogP contribution >= 0.6 is 34.8 Å². The second-order valence-corrected chi connectivity index (χ2v) is 9.70. The molecule has 34 heavy (non-hydrogen) atoms.